The minimum atomic E-state index is -0.284. The first kappa shape index (κ1) is 26.0. The third-order valence-corrected chi connectivity index (χ3v) is 7.20. The summed E-state index contributed by atoms with van der Waals surface area (Å²) < 4.78 is 10.4. The molecule has 36 heavy (non-hydrogen) atoms. The van der Waals surface area contributed by atoms with Crippen molar-refractivity contribution in [3.8, 4) is 5.75 Å². The molecule has 0 radical (unpaired) electrons. The molecule has 8 nitrogen and oxygen atoms in total. The molecule has 0 unspecified atom stereocenters. The van der Waals surface area contributed by atoms with Crippen molar-refractivity contribution in [3.63, 3.8) is 0 Å². The van der Waals surface area contributed by atoms with Crippen molar-refractivity contribution in [3.05, 3.63) is 45.1 Å². The highest BCUT2D eigenvalue weighted by Crippen LogP contribution is 2.32. The van der Waals surface area contributed by atoms with Crippen molar-refractivity contribution < 1.29 is 4.74 Å². The Morgan fingerprint density at radius 1 is 0.861 bits per heavy atom. The number of imidazole rings is 1. The number of unbranched alkanes of at least 4 members (excludes halogenated alkanes) is 9. The molecule has 2 aromatic heterocycles. The third kappa shape index (κ3) is 5.52. The average Bonchev–Trinajstić information content (AvgIpc) is 3.46. The second kappa shape index (κ2) is 12.3. The zero-order valence-electron chi connectivity index (χ0n) is 22.2. The SMILES string of the molecule is CCCCCCCCCCCCn1c(=O)c2c(nc3n2CCN3c2ccc(OCC)cc2)n(C)c1=O. The van der Waals surface area contributed by atoms with Gasteiger partial charge in [0, 0.05) is 32.4 Å². The van der Waals surface area contributed by atoms with Gasteiger partial charge in [-0.3, -0.25) is 13.9 Å². The standard InChI is InChI=1S/C28H41N5O3/c1-4-6-7-8-9-10-11-12-13-14-19-33-26(34)24-25(30(3)28(33)35)29-27-31(20-21-32(24)27)22-15-17-23(18-16-22)36-5-2/h15-18H,4-14,19-21H2,1-3H3. The van der Waals surface area contributed by atoms with Crippen LogP contribution in [0.3, 0.4) is 0 Å². The lowest BCUT2D eigenvalue weighted by atomic mass is 10.1. The maximum atomic E-state index is 13.4. The fourth-order valence-corrected chi connectivity index (χ4v) is 5.17. The molecule has 0 N–H and O–H groups in total. The van der Waals surface area contributed by atoms with E-state index in [0.29, 0.717) is 36.8 Å². The molecule has 3 heterocycles. The Bertz CT molecular complexity index is 1260. The average molecular weight is 496 g/mol. The smallest absolute Gasteiger partial charge is 0.332 e. The molecule has 0 bridgehead atoms. The molecule has 196 valence electrons. The van der Waals surface area contributed by atoms with E-state index in [4.69, 9.17) is 9.72 Å². The number of aromatic nitrogens is 4. The summed E-state index contributed by atoms with van der Waals surface area (Å²) in [6.45, 7) is 6.68. The molecular weight excluding hydrogens is 454 g/mol. The number of hydrogen-bond donors (Lipinski definition) is 0. The Balaban J connectivity index is 1.44. The lowest BCUT2D eigenvalue weighted by Gasteiger charge is -2.16. The first-order chi connectivity index (χ1) is 17.6. The number of hydrogen-bond acceptors (Lipinski definition) is 5. The molecule has 8 heteroatoms. The first-order valence-corrected chi connectivity index (χ1v) is 13.8. The highest BCUT2D eigenvalue weighted by Gasteiger charge is 2.28. The fraction of sp³-hybridized carbons (Fsp3) is 0.607. The number of ether oxygens (including phenoxy) is 1. The van der Waals surface area contributed by atoms with Crippen LogP contribution in [0.4, 0.5) is 11.6 Å². The van der Waals surface area contributed by atoms with E-state index >= 15 is 0 Å². The minimum Gasteiger partial charge on any atom is -0.494 e. The minimum absolute atomic E-state index is 0.226. The second-order valence-corrected chi connectivity index (χ2v) is 9.79. The first-order valence-electron chi connectivity index (χ1n) is 13.8. The van der Waals surface area contributed by atoms with Crippen molar-refractivity contribution >= 4 is 22.8 Å². The van der Waals surface area contributed by atoms with Gasteiger partial charge in [0.05, 0.1) is 6.61 Å². The van der Waals surface area contributed by atoms with Gasteiger partial charge in [-0.05, 0) is 37.6 Å². The molecule has 0 amide bonds. The van der Waals surface area contributed by atoms with Crippen molar-refractivity contribution in [2.75, 3.05) is 18.1 Å². The molecule has 4 rings (SSSR count). The molecule has 0 atom stereocenters. The quantitative estimate of drug-likeness (QED) is 0.281. The summed E-state index contributed by atoms with van der Waals surface area (Å²) in [5.74, 6) is 1.53. The number of nitrogens with zero attached hydrogens (tertiary/aromatic N) is 5. The second-order valence-electron chi connectivity index (χ2n) is 9.79. The fourth-order valence-electron chi connectivity index (χ4n) is 5.17. The Labute approximate surface area is 213 Å². The van der Waals surface area contributed by atoms with Crippen molar-refractivity contribution in [2.24, 2.45) is 7.05 Å². The van der Waals surface area contributed by atoms with Crippen molar-refractivity contribution in [2.45, 2.75) is 91.1 Å². The summed E-state index contributed by atoms with van der Waals surface area (Å²) >= 11 is 0. The molecule has 0 saturated heterocycles. The Kier molecular flexibility index (Phi) is 8.88. The van der Waals surface area contributed by atoms with Gasteiger partial charge in [0.15, 0.2) is 11.2 Å². The van der Waals surface area contributed by atoms with Gasteiger partial charge in [-0.25, -0.2) is 4.79 Å². The zero-order chi connectivity index (χ0) is 25.5. The lowest BCUT2D eigenvalue weighted by molar-refractivity contribution is 0.340. The summed E-state index contributed by atoms with van der Waals surface area (Å²) in [5.41, 5.74) is 1.45. The van der Waals surface area contributed by atoms with Crippen molar-refractivity contribution in [1.29, 1.82) is 0 Å². The van der Waals surface area contributed by atoms with Crippen LogP contribution in [0.5, 0.6) is 5.75 Å². The highest BCUT2D eigenvalue weighted by molar-refractivity contribution is 5.77. The molecular formula is C28H41N5O3. The van der Waals surface area contributed by atoms with E-state index in [0.717, 1.165) is 37.2 Å². The van der Waals surface area contributed by atoms with E-state index < -0.39 is 0 Å². The van der Waals surface area contributed by atoms with Gasteiger partial charge in [0.2, 0.25) is 5.95 Å². The summed E-state index contributed by atoms with van der Waals surface area (Å²) in [5, 5.41) is 0. The molecule has 1 aliphatic heterocycles. The molecule has 1 aliphatic rings. The van der Waals surface area contributed by atoms with Gasteiger partial charge in [-0.15, -0.1) is 0 Å². The zero-order valence-corrected chi connectivity index (χ0v) is 22.2. The van der Waals surface area contributed by atoms with Gasteiger partial charge in [-0.1, -0.05) is 64.7 Å². The van der Waals surface area contributed by atoms with Crippen LogP contribution < -0.4 is 20.9 Å². The van der Waals surface area contributed by atoms with Crippen LogP contribution in [0, 0.1) is 0 Å². The van der Waals surface area contributed by atoms with Gasteiger partial charge >= 0.3 is 5.69 Å². The predicted octanol–water partition coefficient (Wildman–Crippen LogP) is 5.37. The normalized spacial score (nSPS) is 13.0. The summed E-state index contributed by atoms with van der Waals surface area (Å²) in [6.07, 6.45) is 12.2. The maximum Gasteiger partial charge on any atom is 0.332 e. The van der Waals surface area contributed by atoms with Crippen LogP contribution in [0.15, 0.2) is 33.9 Å². The van der Waals surface area contributed by atoms with Gasteiger partial charge < -0.3 is 14.2 Å². The van der Waals surface area contributed by atoms with Gasteiger partial charge in [0.1, 0.15) is 5.75 Å². The van der Waals surface area contributed by atoms with Crippen LogP contribution in [-0.2, 0) is 20.1 Å². The van der Waals surface area contributed by atoms with E-state index in [1.807, 2.05) is 35.8 Å². The Hall–Kier alpha value is -3.03. The van der Waals surface area contributed by atoms with Crippen LogP contribution in [0.25, 0.3) is 11.2 Å². The summed E-state index contributed by atoms with van der Waals surface area (Å²) in [6, 6.07) is 7.89. The van der Waals surface area contributed by atoms with Gasteiger partial charge in [-0.2, -0.15) is 4.98 Å². The monoisotopic (exact) mass is 495 g/mol. The van der Waals surface area contributed by atoms with Crippen LogP contribution >= 0.6 is 0 Å². The summed E-state index contributed by atoms with van der Waals surface area (Å²) in [4.78, 5) is 33.3. The number of rotatable bonds is 14. The Morgan fingerprint density at radius 2 is 1.50 bits per heavy atom. The highest BCUT2D eigenvalue weighted by atomic mass is 16.5. The van der Waals surface area contributed by atoms with Crippen LogP contribution in [-0.4, -0.2) is 31.8 Å². The summed E-state index contributed by atoms with van der Waals surface area (Å²) in [7, 11) is 1.71. The number of aryl methyl sites for hydroxylation is 1. The molecule has 0 aliphatic carbocycles. The lowest BCUT2D eigenvalue weighted by Crippen LogP contribution is -2.39. The van der Waals surface area contributed by atoms with Crippen LogP contribution in [0.2, 0.25) is 0 Å². The van der Waals surface area contributed by atoms with E-state index in [-0.39, 0.29) is 11.2 Å². The van der Waals surface area contributed by atoms with E-state index in [1.165, 1.54) is 54.1 Å². The van der Waals surface area contributed by atoms with Crippen molar-refractivity contribution in [1.82, 2.24) is 18.7 Å². The maximum absolute atomic E-state index is 13.4. The largest absolute Gasteiger partial charge is 0.494 e. The van der Waals surface area contributed by atoms with E-state index in [2.05, 4.69) is 11.8 Å². The predicted molar refractivity (Wildman–Crippen MR) is 146 cm³/mol. The van der Waals surface area contributed by atoms with Gasteiger partial charge in [0.25, 0.3) is 5.56 Å². The van der Waals surface area contributed by atoms with E-state index in [1.54, 1.807) is 7.05 Å². The number of anilines is 2. The molecule has 1 aromatic carbocycles. The van der Waals surface area contributed by atoms with E-state index in [9.17, 15) is 9.59 Å². The molecule has 0 fully saturated rings. The Morgan fingerprint density at radius 3 is 2.14 bits per heavy atom. The van der Waals surface area contributed by atoms with Crippen LogP contribution in [0.1, 0.15) is 78.1 Å². The number of benzene rings is 1. The number of fused-ring (bicyclic) bond motifs is 3. The third-order valence-electron chi connectivity index (χ3n) is 7.20. The molecule has 0 saturated carbocycles. The topological polar surface area (TPSA) is 74.3 Å². The molecule has 3 aromatic rings. The molecule has 0 spiro atoms.